The second-order valence-electron chi connectivity index (χ2n) is 7.85. The third-order valence-electron chi connectivity index (χ3n) is 6.01. The van der Waals surface area contributed by atoms with Gasteiger partial charge in [0.15, 0.2) is 5.78 Å². The Balaban J connectivity index is 1.51. The van der Waals surface area contributed by atoms with Crippen molar-refractivity contribution >= 4 is 17.4 Å². The van der Waals surface area contributed by atoms with E-state index in [1.807, 2.05) is 11.0 Å². The fraction of sp³-hybridized carbons (Fsp3) is 0.636. The van der Waals surface area contributed by atoms with Gasteiger partial charge in [-0.2, -0.15) is 0 Å². The smallest absolute Gasteiger partial charge is 0.219 e. The molecule has 0 aromatic heterocycles. The molecule has 0 aliphatic carbocycles. The maximum absolute atomic E-state index is 12.6. The van der Waals surface area contributed by atoms with Crippen LogP contribution in [0.5, 0.6) is 0 Å². The number of hydrogen-bond donors (Lipinski definition) is 0. The number of fused-ring (bicyclic) bond motifs is 1. The summed E-state index contributed by atoms with van der Waals surface area (Å²) in [5.74, 6) is 1.02. The summed E-state index contributed by atoms with van der Waals surface area (Å²) in [6, 6.07) is 6.29. The van der Waals surface area contributed by atoms with Crippen LogP contribution in [-0.4, -0.2) is 42.8 Å². The van der Waals surface area contributed by atoms with E-state index in [1.165, 1.54) is 24.1 Å². The van der Waals surface area contributed by atoms with Crippen LogP contribution in [0.4, 0.5) is 5.69 Å². The molecule has 4 heteroatoms. The fourth-order valence-corrected chi connectivity index (χ4v) is 4.24. The number of piperidine rings is 1. The Labute approximate surface area is 157 Å². The van der Waals surface area contributed by atoms with Crippen LogP contribution in [0.3, 0.4) is 0 Å². The van der Waals surface area contributed by atoms with Crippen LogP contribution in [0.2, 0.25) is 0 Å². The van der Waals surface area contributed by atoms with Crippen molar-refractivity contribution in [3.05, 3.63) is 29.3 Å². The van der Waals surface area contributed by atoms with Crippen molar-refractivity contribution in [1.82, 2.24) is 4.90 Å². The molecule has 2 heterocycles. The second kappa shape index (κ2) is 8.70. The number of benzene rings is 1. The Morgan fingerprint density at radius 2 is 1.92 bits per heavy atom. The van der Waals surface area contributed by atoms with Crippen molar-refractivity contribution < 1.29 is 9.59 Å². The normalized spacial score (nSPS) is 17.5. The average Bonchev–Trinajstić information content (AvgIpc) is 3.07. The van der Waals surface area contributed by atoms with E-state index in [4.69, 9.17) is 0 Å². The lowest BCUT2D eigenvalue weighted by molar-refractivity contribution is -0.130. The van der Waals surface area contributed by atoms with Crippen LogP contribution in [-0.2, 0) is 11.2 Å². The SMILES string of the molecule is CCCCN1CCc2cc(C(=O)CCC3CCN(C(C)=O)CC3)ccc21. The van der Waals surface area contributed by atoms with Crippen molar-refractivity contribution in [2.45, 2.75) is 58.8 Å². The van der Waals surface area contributed by atoms with Gasteiger partial charge in [0, 0.05) is 50.8 Å². The molecule has 0 bridgehead atoms. The monoisotopic (exact) mass is 356 g/mol. The molecule has 26 heavy (non-hydrogen) atoms. The zero-order chi connectivity index (χ0) is 18.5. The molecule has 1 aromatic carbocycles. The highest BCUT2D eigenvalue weighted by Gasteiger charge is 2.23. The molecule has 0 N–H and O–H groups in total. The summed E-state index contributed by atoms with van der Waals surface area (Å²) in [6.07, 6.45) is 7.14. The number of hydrogen-bond acceptors (Lipinski definition) is 3. The van der Waals surface area contributed by atoms with Gasteiger partial charge in [0.2, 0.25) is 5.91 Å². The Morgan fingerprint density at radius 1 is 1.15 bits per heavy atom. The summed E-state index contributed by atoms with van der Waals surface area (Å²) < 4.78 is 0. The molecular weight excluding hydrogens is 324 g/mol. The Morgan fingerprint density at radius 3 is 2.62 bits per heavy atom. The largest absolute Gasteiger partial charge is 0.371 e. The van der Waals surface area contributed by atoms with Crippen LogP contribution in [0.15, 0.2) is 18.2 Å². The molecule has 0 unspecified atom stereocenters. The molecule has 142 valence electrons. The zero-order valence-corrected chi connectivity index (χ0v) is 16.3. The third-order valence-corrected chi connectivity index (χ3v) is 6.01. The minimum absolute atomic E-state index is 0.172. The van der Waals surface area contributed by atoms with Crippen molar-refractivity contribution in [2.75, 3.05) is 31.1 Å². The summed E-state index contributed by atoms with van der Waals surface area (Å²) >= 11 is 0. The third kappa shape index (κ3) is 4.46. The number of anilines is 1. The topological polar surface area (TPSA) is 40.6 Å². The van der Waals surface area contributed by atoms with Crippen LogP contribution in [0.1, 0.15) is 68.3 Å². The summed E-state index contributed by atoms with van der Waals surface area (Å²) in [7, 11) is 0. The number of amides is 1. The van der Waals surface area contributed by atoms with E-state index in [0.29, 0.717) is 12.3 Å². The van der Waals surface area contributed by atoms with Gasteiger partial charge in [-0.15, -0.1) is 0 Å². The highest BCUT2D eigenvalue weighted by Crippen LogP contribution is 2.30. The number of rotatable bonds is 7. The van der Waals surface area contributed by atoms with Crippen molar-refractivity contribution in [1.29, 1.82) is 0 Å². The minimum atomic E-state index is 0.172. The first-order valence-corrected chi connectivity index (χ1v) is 10.2. The number of carbonyl (C=O) groups is 2. The highest BCUT2D eigenvalue weighted by atomic mass is 16.2. The first kappa shape index (κ1) is 18.9. The van der Waals surface area contributed by atoms with E-state index in [0.717, 1.165) is 57.4 Å². The number of unbranched alkanes of at least 4 members (excludes halogenated alkanes) is 1. The number of nitrogens with zero attached hydrogens (tertiary/aromatic N) is 2. The van der Waals surface area contributed by atoms with Gasteiger partial charge in [0.25, 0.3) is 0 Å². The number of likely N-dealkylation sites (tertiary alicyclic amines) is 1. The molecule has 2 aliphatic rings. The lowest BCUT2D eigenvalue weighted by Gasteiger charge is -2.31. The average molecular weight is 357 g/mol. The van der Waals surface area contributed by atoms with Gasteiger partial charge in [0.05, 0.1) is 0 Å². The van der Waals surface area contributed by atoms with E-state index >= 15 is 0 Å². The Kier molecular flexibility index (Phi) is 6.33. The predicted molar refractivity (Wildman–Crippen MR) is 106 cm³/mol. The molecule has 1 aromatic rings. The summed E-state index contributed by atoms with van der Waals surface area (Å²) in [6.45, 7) is 7.77. The van der Waals surface area contributed by atoms with Gasteiger partial charge in [-0.25, -0.2) is 0 Å². The van der Waals surface area contributed by atoms with Gasteiger partial charge in [-0.3, -0.25) is 9.59 Å². The lowest BCUT2D eigenvalue weighted by Crippen LogP contribution is -2.37. The van der Waals surface area contributed by atoms with Crippen LogP contribution < -0.4 is 4.90 Å². The lowest BCUT2D eigenvalue weighted by atomic mass is 9.90. The van der Waals surface area contributed by atoms with Crippen LogP contribution >= 0.6 is 0 Å². The second-order valence-corrected chi connectivity index (χ2v) is 7.85. The van der Waals surface area contributed by atoms with Gasteiger partial charge in [-0.05, 0) is 61.8 Å². The first-order chi connectivity index (χ1) is 12.6. The Hall–Kier alpha value is -1.84. The molecule has 0 spiro atoms. The standard InChI is InChI=1S/C22H32N2O2/c1-3-4-12-24-15-11-19-16-20(6-7-21(19)24)22(26)8-5-18-9-13-23(14-10-18)17(2)25/h6-7,16,18H,3-5,8-15H2,1-2H3. The Bertz CT molecular complexity index is 648. The van der Waals surface area contributed by atoms with Crippen LogP contribution in [0, 0.1) is 5.92 Å². The number of carbonyl (C=O) groups excluding carboxylic acids is 2. The number of Topliss-reactive ketones (excluding diaryl/α,β-unsaturated/α-hetero) is 1. The van der Waals surface area contributed by atoms with Gasteiger partial charge in [-0.1, -0.05) is 13.3 Å². The fourth-order valence-electron chi connectivity index (χ4n) is 4.24. The summed E-state index contributed by atoms with van der Waals surface area (Å²) in [4.78, 5) is 28.4. The molecule has 2 aliphatic heterocycles. The highest BCUT2D eigenvalue weighted by molar-refractivity contribution is 5.96. The molecule has 0 saturated carbocycles. The first-order valence-electron chi connectivity index (χ1n) is 10.2. The maximum atomic E-state index is 12.6. The molecule has 1 saturated heterocycles. The van der Waals surface area contributed by atoms with Gasteiger partial charge < -0.3 is 9.80 Å². The van der Waals surface area contributed by atoms with E-state index < -0.39 is 0 Å². The zero-order valence-electron chi connectivity index (χ0n) is 16.3. The van der Waals surface area contributed by atoms with Crippen molar-refractivity contribution in [3.63, 3.8) is 0 Å². The molecule has 1 amide bonds. The van der Waals surface area contributed by atoms with E-state index in [1.54, 1.807) is 6.92 Å². The molecule has 1 fully saturated rings. The van der Waals surface area contributed by atoms with Gasteiger partial charge >= 0.3 is 0 Å². The van der Waals surface area contributed by atoms with E-state index in [2.05, 4.69) is 24.0 Å². The minimum Gasteiger partial charge on any atom is -0.371 e. The van der Waals surface area contributed by atoms with Crippen molar-refractivity contribution in [3.8, 4) is 0 Å². The number of ketones is 1. The van der Waals surface area contributed by atoms with Crippen LogP contribution in [0.25, 0.3) is 0 Å². The van der Waals surface area contributed by atoms with E-state index in [9.17, 15) is 9.59 Å². The molecule has 0 radical (unpaired) electrons. The van der Waals surface area contributed by atoms with Gasteiger partial charge in [0.1, 0.15) is 0 Å². The molecule has 0 atom stereocenters. The summed E-state index contributed by atoms with van der Waals surface area (Å²) in [5, 5.41) is 0. The predicted octanol–water partition coefficient (Wildman–Crippen LogP) is 4.07. The molecular formula is C22H32N2O2. The van der Waals surface area contributed by atoms with E-state index in [-0.39, 0.29) is 11.7 Å². The molecule has 3 rings (SSSR count). The molecule has 4 nitrogen and oxygen atoms in total. The quantitative estimate of drug-likeness (QED) is 0.692. The maximum Gasteiger partial charge on any atom is 0.219 e. The summed E-state index contributed by atoms with van der Waals surface area (Å²) in [5.41, 5.74) is 3.54. The van der Waals surface area contributed by atoms with Crippen molar-refractivity contribution in [2.24, 2.45) is 5.92 Å².